The number of nitrogen functional groups attached to an aromatic ring is 1. The molecule has 5 heteroatoms. The van der Waals surface area contributed by atoms with Gasteiger partial charge in [-0.15, -0.1) is 0 Å². The molecular weight excluding hydrogens is 230 g/mol. The van der Waals surface area contributed by atoms with Crippen LogP contribution in [0.3, 0.4) is 0 Å². The second kappa shape index (κ2) is 3.80. The Kier molecular flexibility index (Phi) is 2.26. The van der Waals surface area contributed by atoms with Gasteiger partial charge in [0.2, 0.25) is 0 Å². The average molecular weight is 243 g/mol. The Morgan fingerprint density at radius 1 is 1.39 bits per heavy atom. The Balaban J connectivity index is 2.23. The topological polar surface area (TPSA) is 77.0 Å². The lowest BCUT2D eigenvalue weighted by Gasteiger charge is -1.98. The first-order valence-corrected chi connectivity index (χ1v) is 5.78. The van der Waals surface area contributed by atoms with Crippen molar-refractivity contribution in [2.45, 2.75) is 13.5 Å². The lowest BCUT2D eigenvalue weighted by Crippen LogP contribution is -2.16. The van der Waals surface area contributed by atoms with Gasteiger partial charge in [0.1, 0.15) is 17.1 Å². The van der Waals surface area contributed by atoms with Crippen LogP contribution in [0.1, 0.15) is 6.92 Å². The molecule has 0 aliphatic carbocycles. The van der Waals surface area contributed by atoms with Crippen LogP contribution in [-0.2, 0) is 6.54 Å². The molecule has 0 aliphatic rings. The number of furan rings is 1. The Bertz CT molecular complexity index is 731. The molecule has 3 N–H and O–H groups in total. The lowest BCUT2D eigenvalue weighted by molar-refractivity contribution is 0.629. The number of aromatic amines is 1. The third kappa shape index (κ3) is 1.44. The van der Waals surface area contributed by atoms with E-state index in [1.165, 1.54) is 4.57 Å². The van der Waals surface area contributed by atoms with Gasteiger partial charge in [-0.05, 0) is 19.1 Å². The summed E-state index contributed by atoms with van der Waals surface area (Å²) in [5.74, 6) is 0.986. The standard InChI is InChI=1S/C13H13N3O2/c1-2-16-12(14)11(15-13(16)17)10-7-8-5-3-4-6-9(8)18-10/h3-7H,2,14H2,1H3,(H,15,17). The molecule has 3 aromatic rings. The molecule has 0 fully saturated rings. The molecule has 0 atom stereocenters. The summed E-state index contributed by atoms with van der Waals surface area (Å²) in [4.78, 5) is 14.4. The van der Waals surface area contributed by atoms with Crippen LogP contribution in [0.15, 0.2) is 39.5 Å². The number of hydrogen-bond acceptors (Lipinski definition) is 3. The fourth-order valence-corrected chi connectivity index (χ4v) is 2.09. The van der Waals surface area contributed by atoms with Crippen molar-refractivity contribution in [2.24, 2.45) is 0 Å². The Labute approximate surface area is 103 Å². The maximum Gasteiger partial charge on any atom is 0.327 e. The highest BCUT2D eigenvalue weighted by Gasteiger charge is 2.15. The molecule has 0 aliphatic heterocycles. The number of para-hydroxylation sites is 1. The lowest BCUT2D eigenvalue weighted by atomic mass is 10.2. The summed E-state index contributed by atoms with van der Waals surface area (Å²) in [5, 5.41) is 0.983. The number of hydrogen-bond donors (Lipinski definition) is 2. The minimum absolute atomic E-state index is 0.217. The number of imidazole rings is 1. The number of aromatic nitrogens is 2. The van der Waals surface area contributed by atoms with Gasteiger partial charge >= 0.3 is 5.69 Å². The van der Waals surface area contributed by atoms with Crippen LogP contribution < -0.4 is 11.4 Å². The van der Waals surface area contributed by atoms with Crippen LogP contribution in [0.25, 0.3) is 22.4 Å². The highest BCUT2D eigenvalue weighted by molar-refractivity contribution is 5.83. The smallest absolute Gasteiger partial charge is 0.327 e. The number of anilines is 1. The largest absolute Gasteiger partial charge is 0.454 e. The Morgan fingerprint density at radius 3 is 2.83 bits per heavy atom. The highest BCUT2D eigenvalue weighted by Crippen LogP contribution is 2.29. The van der Waals surface area contributed by atoms with Gasteiger partial charge in [-0.25, -0.2) is 4.79 Å². The van der Waals surface area contributed by atoms with Gasteiger partial charge in [-0.3, -0.25) is 4.57 Å². The molecule has 0 amide bonds. The van der Waals surface area contributed by atoms with E-state index in [9.17, 15) is 4.79 Å². The second-order valence-corrected chi connectivity index (χ2v) is 4.08. The van der Waals surface area contributed by atoms with Crippen molar-refractivity contribution in [3.63, 3.8) is 0 Å². The molecule has 3 rings (SSSR count). The van der Waals surface area contributed by atoms with Gasteiger partial charge in [0.05, 0.1) is 0 Å². The summed E-state index contributed by atoms with van der Waals surface area (Å²) < 4.78 is 7.16. The van der Waals surface area contributed by atoms with Gasteiger partial charge in [-0.2, -0.15) is 0 Å². The number of nitrogens with two attached hydrogens (primary N) is 1. The number of H-pyrrole nitrogens is 1. The van der Waals surface area contributed by atoms with E-state index < -0.39 is 0 Å². The molecule has 0 spiro atoms. The predicted molar refractivity (Wildman–Crippen MR) is 70.3 cm³/mol. The summed E-state index contributed by atoms with van der Waals surface area (Å²) >= 11 is 0. The first-order valence-electron chi connectivity index (χ1n) is 5.78. The molecule has 0 saturated heterocycles. The van der Waals surface area contributed by atoms with Gasteiger partial charge in [0, 0.05) is 11.9 Å². The van der Waals surface area contributed by atoms with Crippen LogP contribution in [0, 0.1) is 0 Å². The number of nitrogens with one attached hydrogen (secondary N) is 1. The molecule has 0 radical (unpaired) electrons. The van der Waals surface area contributed by atoms with E-state index in [-0.39, 0.29) is 5.69 Å². The van der Waals surface area contributed by atoms with Crippen molar-refractivity contribution in [1.29, 1.82) is 0 Å². The van der Waals surface area contributed by atoms with Gasteiger partial charge < -0.3 is 15.1 Å². The van der Waals surface area contributed by atoms with Gasteiger partial charge in [-0.1, -0.05) is 18.2 Å². The third-order valence-corrected chi connectivity index (χ3v) is 3.01. The van der Waals surface area contributed by atoms with E-state index in [4.69, 9.17) is 10.2 Å². The minimum atomic E-state index is -0.217. The van der Waals surface area contributed by atoms with Gasteiger partial charge in [0.15, 0.2) is 5.76 Å². The fourth-order valence-electron chi connectivity index (χ4n) is 2.09. The van der Waals surface area contributed by atoms with Crippen LogP contribution >= 0.6 is 0 Å². The number of benzene rings is 1. The molecule has 2 aromatic heterocycles. The number of rotatable bonds is 2. The predicted octanol–water partition coefficient (Wildman–Crippen LogP) is 2.19. The highest BCUT2D eigenvalue weighted by atomic mass is 16.3. The van der Waals surface area contributed by atoms with E-state index in [2.05, 4.69) is 4.98 Å². The second-order valence-electron chi connectivity index (χ2n) is 4.08. The summed E-state index contributed by atoms with van der Waals surface area (Å²) in [7, 11) is 0. The normalized spacial score (nSPS) is 11.2. The van der Waals surface area contributed by atoms with Gasteiger partial charge in [0.25, 0.3) is 0 Å². The van der Waals surface area contributed by atoms with E-state index in [0.717, 1.165) is 11.0 Å². The molecule has 0 bridgehead atoms. The van der Waals surface area contributed by atoms with E-state index in [1.807, 2.05) is 37.3 Å². The molecule has 92 valence electrons. The average Bonchev–Trinajstić information content (AvgIpc) is 2.90. The first kappa shape index (κ1) is 10.7. The monoisotopic (exact) mass is 243 g/mol. The van der Waals surface area contributed by atoms with Crippen molar-refractivity contribution in [3.05, 3.63) is 40.8 Å². The molecule has 0 saturated carbocycles. The maximum atomic E-state index is 11.7. The van der Waals surface area contributed by atoms with Crippen molar-refractivity contribution in [3.8, 4) is 11.5 Å². The zero-order valence-corrected chi connectivity index (χ0v) is 9.93. The quantitative estimate of drug-likeness (QED) is 0.724. The fraction of sp³-hybridized carbons (Fsp3) is 0.154. The number of nitrogens with zero attached hydrogens (tertiary/aromatic N) is 1. The zero-order chi connectivity index (χ0) is 12.7. The Hall–Kier alpha value is -2.43. The molecule has 5 nitrogen and oxygen atoms in total. The van der Waals surface area contributed by atoms with E-state index >= 15 is 0 Å². The SMILES string of the molecule is CCn1c(N)c(-c2cc3ccccc3o2)[nH]c1=O. The van der Waals surface area contributed by atoms with Crippen LogP contribution in [-0.4, -0.2) is 9.55 Å². The van der Waals surface area contributed by atoms with Crippen LogP contribution in [0.5, 0.6) is 0 Å². The summed E-state index contributed by atoms with van der Waals surface area (Å²) in [6.07, 6.45) is 0. The summed E-state index contributed by atoms with van der Waals surface area (Å²) in [6.45, 7) is 2.40. The van der Waals surface area contributed by atoms with Crippen molar-refractivity contribution in [1.82, 2.24) is 9.55 Å². The molecule has 2 heterocycles. The summed E-state index contributed by atoms with van der Waals surface area (Å²) in [6, 6.07) is 9.54. The minimum Gasteiger partial charge on any atom is -0.454 e. The van der Waals surface area contributed by atoms with Crippen molar-refractivity contribution >= 4 is 16.8 Å². The summed E-state index contributed by atoms with van der Waals surface area (Å²) in [5.41, 5.74) is 7.04. The van der Waals surface area contributed by atoms with Crippen molar-refractivity contribution in [2.75, 3.05) is 5.73 Å². The zero-order valence-electron chi connectivity index (χ0n) is 9.93. The van der Waals surface area contributed by atoms with E-state index in [1.54, 1.807) is 0 Å². The maximum absolute atomic E-state index is 11.7. The molecular formula is C13H13N3O2. The first-order chi connectivity index (χ1) is 8.70. The Morgan fingerprint density at radius 2 is 2.17 bits per heavy atom. The van der Waals surface area contributed by atoms with Crippen LogP contribution in [0.4, 0.5) is 5.82 Å². The third-order valence-electron chi connectivity index (χ3n) is 3.01. The molecule has 0 unspecified atom stereocenters. The van der Waals surface area contributed by atoms with Crippen molar-refractivity contribution < 1.29 is 4.42 Å². The van der Waals surface area contributed by atoms with E-state index in [0.29, 0.717) is 23.8 Å². The molecule has 18 heavy (non-hydrogen) atoms. The number of fused-ring (bicyclic) bond motifs is 1. The molecule has 1 aromatic carbocycles. The van der Waals surface area contributed by atoms with Crippen LogP contribution in [0.2, 0.25) is 0 Å².